The zero-order valence-corrected chi connectivity index (χ0v) is 20.9. The van der Waals surface area contributed by atoms with Crippen LogP contribution in [0.3, 0.4) is 0 Å². The van der Waals surface area contributed by atoms with Crippen molar-refractivity contribution in [2.24, 2.45) is 5.92 Å². The molecule has 0 aliphatic carbocycles. The molecule has 1 heterocycles. The molecule has 190 valence electrons. The molecule has 0 spiro atoms. The van der Waals surface area contributed by atoms with Crippen molar-refractivity contribution in [1.82, 2.24) is 0 Å². The zero-order chi connectivity index (χ0) is 25.5. The van der Waals surface area contributed by atoms with E-state index < -0.39 is 23.7 Å². The van der Waals surface area contributed by atoms with Crippen LogP contribution in [0, 0.1) is 23.4 Å². The Morgan fingerprint density at radius 3 is 2.11 bits per heavy atom. The number of aryl methyl sites for hydroxylation is 1. The van der Waals surface area contributed by atoms with E-state index in [1.807, 2.05) is 19.1 Å². The molecule has 0 saturated carbocycles. The molecule has 4 rings (SSSR count). The molecule has 1 saturated heterocycles. The normalized spacial score (nSPS) is 18.1. The fraction of sp³-hybridized carbons (Fsp3) is 0.355. The van der Waals surface area contributed by atoms with Crippen LogP contribution in [0.2, 0.25) is 0 Å². The maximum atomic E-state index is 15.0. The number of allylic oxidation sites excluding steroid dienone is 1. The monoisotopic (exact) mass is 494 g/mol. The third kappa shape index (κ3) is 6.08. The van der Waals surface area contributed by atoms with Crippen molar-refractivity contribution in [2.75, 3.05) is 13.2 Å². The highest BCUT2D eigenvalue weighted by Crippen LogP contribution is 2.32. The predicted molar refractivity (Wildman–Crippen MR) is 138 cm³/mol. The molecule has 0 atom stereocenters. The van der Waals surface area contributed by atoms with Gasteiger partial charge in [0.2, 0.25) is 0 Å². The van der Waals surface area contributed by atoms with Crippen molar-refractivity contribution in [3.63, 3.8) is 0 Å². The molecule has 1 aliphatic heterocycles. The molecule has 0 radical (unpaired) electrons. The van der Waals surface area contributed by atoms with Crippen LogP contribution in [0.4, 0.5) is 13.2 Å². The van der Waals surface area contributed by atoms with Gasteiger partial charge in [0.25, 0.3) is 0 Å². The minimum atomic E-state index is -0.838. The van der Waals surface area contributed by atoms with Crippen molar-refractivity contribution in [3.05, 3.63) is 95.3 Å². The molecule has 0 aromatic heterocycles. The van der Waals surface area contributed by atoms with Gasteiger partial charge < -0.3 is 9.47 Å². The van der Waals surface area contributed by atoms with E-state index in [-0.39, 0.29) is 11.5 Å². The second kappa shape index (κ2) is 12.4. The first kappa shape index (κ1) is 26.2. The standard InChI is InChI=1S/C31H33F3O2/c1-3-5-6-7-9-24-14-17-27(30(34)29(24)33)23-12-10-22(11-13-23)26-16-15-25(18-28(26)32)31-35-19-21(8-4-2)20-36-31/h4,8,10-18,21,31H,3,5-7,9,19-20H2,1-2H3/b8-4+. The van der Waals surface area contributed by atoms with Crippen LogP contribution >= 0.6 is 0 Å². The second-order valence-corrected chi connectivity index (χ2v) is 9.31. The highest BCUT2D eigenvalue weighted by atomic mass is 19.2. The first-order valence-electron chi connectivity index (χ1n) is 12.7. The van der Waals surface area contributed by atoms with Crippen molar-refractivity contribution >= 4 is 0 Å². The maximum absolute atomic E-state index is 15.0. The van der Waals surface area contributed by atoms with Crippen LogP contribution in [0.25, 0.3) is 22.3 Å². The van der Waals surface area contributed by atoms with Gasteiger partial charge in [0, 0.05) is 22.6 Å². The van der Waals surface area contributed by atoms with Gasteiger partial charge >= 0.3 is 0 Å². The maximum Gasteiger partial charge on any atom is 0.183 e. The van der Waals surface area contributed by atoms with Gasteiger partial charge in [-0.1, -0.05) is 86.9 Å². The van der Waals surface area contributed by atoms with Crippen LogP contribution in [0.1, 0.15) is 56.9 Å². The van der Waals surface area contributed by atoms with E-state index in [1.165, 1.54) is 6.07 Å². The average molecular weight is 495 g/mol. The second-order valence-electron chi connectivity index (χ2n) is 9.31. The smallest absolute Gasteiger partial charge is 0.183 e. The van der Waals surface area contributed by atoms with E-state index in [0.717, 1.165) is 25.7 Å². The van der Waals surface area contributed by atoms with Gasteiger partial charge in [0.15, 0.2) is 17.9 Å². The lowest BCUT2D eigenvalue weighted by Gasteiger charge is -2.28. The van der Waals surface area contributed by atoms with Gasteiger partial charge in [-0.05, 0) is 42.5 Å². The van der Waals surface area contributed by atoms with Gasteiger partial charge in [-0.15, -0.1) is 0 Å². The van der Waals surface area contributed by atoms with Crippen molar-refractivity contribution in [2.45, 2.75) is 52.2 Å². The van der Waals surface area contributed by atoms with Crippen LogP contribution in [0.15, 0.2) is 66.7 Å². The predicted octanol–water partition coefficient (Wildman–Crippen LogP) is 8.80. The molecule has 1 aliphatic rings. The number of hydrogen-bond acceptors (Lipinski definition) is 2. The number of ether oxygens (including phenoxy) is 2. The summed E-state index contributed by atoms with van der Waals surface area (Å²) in [6.07, 6.45) is 7.99. The van der Waals surface area contributed by atoms with Gasteiger partial charge in [0.05, 0.1) is 13.2 Å². The SMILES string of the molecule is C/C=C/C1COC(c2ccc(-c3ccc(-c4ccc(CCCCCC)c(F)c4F)cc3)c(F)c2)OC1. The summed E-state index contributed by atoms with van der Waals surface area (Å²) < 4.78 is 56.0. The summed E-state index contributed by atoms with van der Waals surface area (Å²) in [7, 11) is 0. The lowest BCUT2D eigenvalue weighted by molar-refractivity contribution is -0.197. The Hall–Kier alpha value is -2.89. The Morgan fingerprint density at radius 2 is 1.47 bits per heavy atom. The highest BCUT2D eigenvalue weighted by molar-refractivity contribution is 5.71. The Bertz CT molecular complexity index is 1180. The molecule has 0 amide bonds. The van der Waals surface area contributed by atoms with Crippen molar-refractivity contribution in [1.29, 1.82) is 0 Å². The summed E-state index contributed by atoms with van der Waals surface area (Å²) in [5.41, 5.74) is 2.85. The Morgan fingerprint density at radius 1 is 0.806 bits per heavy atom. The number of hydrogen-bond donors (Lipinski definition) is 0. The first-order chi connectivity index (χ1) is 17.5. The third-order valence-corrected chi connectivity index (χ3v) is 6.62. The third-order valence-electron chi connectivity index (χ3n) is 6.62. The molecule has 0 unspecified atom stereocenters. The van der Waals surface area contributed by atoms with E-state index in [4.69, 9.17) is 9.47 Å². The van der Waals surface area contributed by atoms with Crippen molar-refractivity contribution in [3.8, 4) is 22.3 Å². The molecular formula is C31H33F3O2. The lowest BCUT2D eigenvalue weighted by atomic mass is 9.97. The van der Waals surface area contributed by atoms with Crippen LogP contribution in [0.5, 0.6) is 0 Å². The fourth-order valence-corrected chi connectivity index (χ4v) is 4.58. The zero-order valence-electron chi connectivity index (χ0n) is 20.9. The molecule has 5 heteroatoms. The molecule has 3 aromatic rings. The quantitative estimate of drug-likeness (QED) is 0.219. The van der Waals surface area contributed by atoms with E-state index in [2.05, 4.69) is 6.92 Å². The van der Waals surface area contributed by atoms with Gasteiger partial charge in [-0.2, -0.15) is 0 Å². The van der Waals surface area contributed by atoms with Gasteiger partial charge in [-0.25, -0.2) is 13.2 Å². The van der Waals surface area contributed by atoms with Gasteiger partial charge in [0.1, 0.15) is 5.82 Å². The minimum Gasteiger partial charge on any atom is -0.348 e. The summed E-state index contributed by atoms with van der Waals surface area (Å²) in [6, 6.07) is 15.0. The molecule has 0 N–H and O–H groups in total. The van der Waals surface area contributed by atoms with Crippen LogP contribution in [-0.4, -0.2) is 13.2 Å². The molecular weight excluding hydrogens is 461 g/mol. The molecule has 3 aromatic carbocycles. The number of halogens is 3. The molecule has 36 heavy (non-hydrogen) atoms. The Labute approximate surface area is 211 Å². The number of rotatable bonds is 9. The Kier molecular flexibility index (Phi) is 9.00. The lowest BCUT2D eigenvalue weighted by Crippen LogP contribution is -2.25. The summed E-state index contributed by atoms with van der Waals surface area (Å²) in [5.74, 6) is -1.81. The molecule has 2 nitrogen and oxygen atoms in total. The summed E-state index contributed by atoms with van der Waals surface area (Å²) in [4.78, 5) is 0. The molecule has 1 fully saturated rings. The fourth-order valence-electron chi connectivity index (χ4n) is 4.58. The number of unbranched alkanes of at least 4 members (excludes halogenated alkanes) is 3. The summed E-state index contributed by atoms with van der Waals surface area (Å²) in [6.45, 7) is 5.12. The van der Waals surface area contributed by atoms with E-state index in [9.17, 15) is 13.2 Å². The van der Waals surface area contributed by atoms with Crippen molar-refractivity contribution < 1.29 is 22.6 Å². The largest absolute Gasteiger partial charge is 0.348 e. The van der Waals surface area contributed by atoms with E-state index >= 15 is 0 Å². The van der Waals surface area contributed by atoms with E-state index in [0.29, 0.717) is 47.5 Å². The summed E-state index contributed by atoms with van der Waals surface area (Å²) >= 11 is 0. The number of benzene rings is 3. The first-order valence-corrected chi connectivity index (χ1v) is 12.7. The minimum absolute atomic E-state index is 0.203. The molecule has 0 bridgehead atoms. The van der Waals surface area contributed by atoms with E-state index in [1.54, 1.807) is 48.5 Å². The highest BCUT2D eigenvalue weighted by Gasteiger charge is 2.23. The average Bonchev–Trinajstić information content (AvgIpc) is 2.90. The van der Waals surface area contributed by atoms with Crippen LogP contribution in [-0.2, 0) is 15.9 Å². The topological polar surface area (TPSA) is 18.5 Å². The van der Waals surface area contributed by atoms with Gasteiger partial charge in [-0.3, -0.25) is 0 Å². The summed E-state index contributed by atoms with van der Waals surface area (Å²) in [5, 5.41) is 0. The van der Waals surface area contributed by atoms with Crippen LogP contribution < -0.4 is 0 Å². The Balaban J connectivity index is 1.46.